The second kappa shape index (κ2) is 7.89. The zero-order chi connectivity index (χ0) is 20.3. The summed E-state index contributed by atoms with van der Waals surface area (Å²) < 4.78 is 27.5. The van der Waals surface area contributed by atoms with E-state index >= 15 is 0 Å². The maximum Gasteiger partial charge on any atom is 0.259 e. The molecule has 2 heterocycles. The third kappa shape index (κ3) is 4.25. The van der Waals surface area contributed by atoms with Gasteiger partial charge in [-0.2, -0.15) is 5.26 Å². The molecule has 1 fully saturated rings. The maximum absolute atomic E-state index is 13.8. The molecule has 0 unspecified atom stereocenters. The van der Waals surface area contributed by atoms with Gasteiger partial charge in [0, 0.05) is 37.2 Å². The summed E-state index contributed by atoms with van der Waals surface area (Å²) in [5.41, 5.74) is 2.20. The molecule has 1 aliphatic heterocycles. The number of halogens is 2. The molecule has 0 bridgehead atoms. The van der Waals surface area contributed by atoms with Gasteiger partial charge in [0.15, 0.2) is 11.5 Å². The standard InChI is InChI=1S/C20H21F2N5O/c1-13-5-3-6-15(11-13)24-19(28)17-14(2)16(12-23)25-26-18(17)27-9-4-7-20(21,22)8-10-27/h3,5-6,11H,4,7-10H2,1-2H3,(H,24,28). The Kier molecular flexibility index (Phi) is 5.54. The molecule has 8 heteroatoms. The molecule has 0 saturated carbocycles. The fourth-order valence-electron chi connectivity index (χ4n) is 3.30. The molecule has 146 valence electrons. The molecule has 1 aromatic heterocycles. The van der Waals surface area contributed by atoms with E-state index in [2.05, 4.69) is 15.5 Å². The van der Waals surface area contributed by atoms with Gasteiger partial charge in [-0.15, -0.1) is 10.2 Å². The minimum atomic E-state index is -2.73. The van der Waals surface area contributed by atoms with Crippen molar-refractivity contribution in [2.75, 3.05) is 23.3 Å². The molecule has 1 N–H and O–H groups in total. The monoisotopic (exact) mass is 385 g/mol. The summed E-state index contributed by atoms with van der Waals surface area (Å²) in [7, 11) is 0. The summed E-state index contributed by atoms with van der Waals surface area (Å²) in [5, 5.41) is 20.0. The van der Waals surface area contributed by atoms with Crippen LogP contribution in [0, 0.1) is 25.2 Å². The van der Waals surface area contributed by atoms with E-state index in [1.54, 1.807) is 17.9 Å². The number of nitrogens with one attached hydrogen (secondary N) is 1. The molecule has 0 aliphatic carbocycles. The number of amides is 1. The average Bonchev–Trinajstić information content (AvgIpc) is 2.82. The molecule has 0 spiro atoms. The third-order valence-corrected chi connectivity index (χ3v) is 4.83. The fourth-order valence-corrected chi connectivity index (χ4v) is 3.30. The number of carbonyl (C=O) groups excluding carboxylic acids is 1. The molecule has 2 aromatic rings. The number of anilines is 2. The van der Waals surface area contributed by atoms with Crippen molar-refractivity contribution in [2.24, 2.45) is 0 Å². The van der Waals surface area contributed by atoms with E-state index < -0.39 is 11.8 Å². The number of aromatic nitrogens is 2. The van der Waals surface area contributed by atoms with E-state index in [0.717, 1.165) is 5.56 Å². The van der Waals surface area contributed by atoms with Crippen LogP contribution < -0.4 is 10.2 Å². The van der Waals surface area contributed by atoms with Gasteiger partial charge in [-0.05, 0) is 38.0 Å². The van der Waals surface area contributed by atoms with Crippen LogP contribution in [0.1, 0.15) is 46.4 Å². The van der Waals surface area contributed by atoms with Crippen LogP contribution in [0.3, 0.4) is 0 Å². The van der Waals surface area contributed by atoms with Crippen molar-refractivity contribution in [1.29, 1.82) is 5.26 Å². The molecule has 1 saturated heterocycles. The van der Waals surface area contributed by atoms with Crippen LogP contribution in [0.4, 0.5) is 20.3 Å². The van der Waals surface area contributed by atoms with Crippen LogP contribution in [-0.2, 0) is 0 Å². The van der Waals surface area contributed by atoms with Gasteiger partial charge in [-0.25, -0.2) is 8.78 Å². The highest BCUT2D eigenvalue weighted by Gasteiger charge is 2.34. The van der Waals surface area contributed by atoms with E-state index in [9.17, 15) is 18.8 Å². The minimum absolute atomic E-state index is 0.0401. The highest BCUT2D eigenvalue weighted by atomic mass is 19.3. The molecule has 28 heavy (non-hydrogen) atoms. The summed E-state index contributed by atoms with van der Waals surface area (Å²) in [4.78, 5) is 14.7. The van der Waals surface area contributed by atoms with Crippen molar-refractivity contribution in [3.63, 3.8) is 0 Å². The molecule has 6 nitrogen and oxygen atoms in total. The number of alkyl halides is 2. The van der Waals surface area contributed by atoms with Gasteiger partial charge >= 0.3 is 0 Å². The smallest absolute Gasteiger partial charge is 0.259 e. The van der Waals surface area contributed by atoms with E-state index in [4.69, 9.17) is 0 Å². The van der Waals surface area contributed by atoms with Crippen molar-refractivity contribution in [2.45, 2.75) is 39.0 Å². The lowest BCUT2D eigenvalue weighted by molar-refractivity contribution is -0.0102. The lowest BCUT2D eigenvalue weighted by Gasteiger charge is -2.24. The minimum Gasteiger partial charge on any atom is -0.354 e. The number of hydrogen-bond acceptors (Lipinski definition) is 5. The summed E-state index contributed by atoms with van der Waals surface area (Å²) in [6.07, 6.45) is -0.226. The Balaban J connectivity index is 1.98. The van der Waals surface area contributed by atoms with E-state index in [0.29, 0.717) is 17.8 Å². The molecule has 0 radical (unpaired) electrons. The highest BCUT2D eigenvalue weighted by molar-refractivity contribution is 6.08. The Morgan fingerprint density at radius 1 is 1.25 bits per heavy atom. The van der Waals surface area contributed by atoms with Crippen molar-refractivity contribution in [3.05, 3.63) is 46.6 Å². The molecule has 1 aromatic carbocycles. The number of carbonyl (C=O) groups is 1. The number of hydrogen-bond donors (Lipinski definition) is 1. The Labute approximate surface area is 162 Å². The number of nitrogens with zero attached hydrogens (tertiary/aromatic N) is 4. The second-order valence-corrected chi connectivity index (χ2v) is 7.00. The van der Waals surface area contributed by atoms with Gasteiger partial charge in [-0.1, -0.05) is 12.1 Å². The number of nitriles is 1. The lowest BCUT2D eigenvalue weighted by atomic mass is 10.1. The number of benzene rings is 1. The Morgan fingerprint density at radius 2 is 2.04 bits per heavy atom. The molecule has 1 amide bonds. The third-order valence-electron chi connectivity index (χ3n) is 4.83. The quantitative estimate of drug-likeness (QED) is 0.868. The topological polar surface area (TPSA) is 81.9 Å². The van der Waals surface area contributed by atoms with Crippen LogP contribution in [-0.4, -0.2) is 35.1 Å². The van der Waals surface area contributed by atoms with Gasteiger partial charge in [0.05, 0.1) is 5.56 Å². The van der Waals surface area contributed by atoms with Crippen molar-refractivity contribution in [3.8, 4) is 6.07 Å². The summed E-state index contributed by atoms with van der Waals surface area (Å²) >= 11 is 0. The predicted molar refractivity (Wildman–Crippen MR) is 102 cm³/mol. The van der Waals surface area contributed by atoms with Crippen LogP contribution in [0.15, 0.2) is 24.3 Å². The van der Waals surface area contributed by atoms with Crippen molar-refractivity contribution in [1.82, 2.24) is 10.2 Å². The molecular formula is C20H21F2N5O. The summed E-state index contributed by atoms with van der Waals surface area (Å²) in [6.45, 7) is 3.94. The number of rotatable bonds is 3. The molecular weight excluding hydrogens is 364 g/mol. The van der Waals surface area contributed by atoms with E-state index in [-0.39, 0.29) is 42.9 Å². The Bertz CT molecular complexity index is 939. The molecule has 3 rings (SSSR count). The van der Waals surface area contributed by atoms with Crippen LogP contribution >= 0.6 is 0 Å². The van der Waals surface area contributed by atoms with Gasteiger partial charge in [0.2, 0.25) is 5.92 Å². The van der Waals surface area contributed by atoms with Gasteiger partial charge in [0.25, 0.3) is 5.91 Å². The van der Waals surface area contributed by atoms with Crippen molar-refractivity contribution < 1.29 is 13.6 Å². The van der Waals surface area contributed by atoms with E-state index in [1.807, 2.05) is 31.2 Å². The predicted octanol–water partition coefficient (Wildman–Crippen LogP) is 3.84. The Hall–Kier alpha value is -3.08. The first-order valence-electron chi connectivity index (χ1n) is 9.09. The van der Waals surface area contributed by atoms with E-state index in [1.165, 1.54) is 0 Å². The fraction of sp³-hybridized carbons (Fsp3) is 0.400. The largest absolute Gasteiger partial charge is 0.354 e. The average molecular weight is 385 g/mol. The normalized spacial score (nSPS) is 16.2. The zero-order valence-electron chi connectivity index (χ0n) is 15.8. The van der Waals surface area contributed by atoms with Gasteiger partial charge in [-0.3, -0.25) is 4.79 Å². The Morgan fingerprint density at radius 3 is 2.75 bits per heavy atom. The first-order chi connectivity index (χ1) is 13.3. The first-order valence-corrected chi connectivity index (χ1v) is 9.09. The highest BCUT2D eigenvalue weighted by Crippen LogP contribution is 2.31. The SMILES string of the molecule is Cc1cccc(NC(=O)c2c(N3CCCC(F)(F)CC3)nnc(C#N)c2C)c1. The first kappa shape index (κ1) is 19.7. The lowest BCUT2D eigenvalue weighted by Crippen LogP contribution is -2.30. The summed E-state index contributed by atoms with van der Waals surface area (Å²) in [5.74, 6) is -2.94. The van der Waals surface area contributed by atoms with Crippen LogP contribution in [0.2, 0.25) is 0 Å². The number of aryl methyl sites for hydroxylation is 1. The van der Waals surface area contributed by atoms with Gasteiger partial charge < -0.3 is 10.2 Å². The van der Waals surface area contributed by atoms with Crippen molar-refractivity contribution >= 4 is 17.4 Å². The van der Waals surface area contributed by atoms with Gasteiger partial charge in [0.1, 0.15) is 6.07 Å². The van der Waals surface area contributed by atoms with Crippen LogP contribution in [0.25, 0.3) is 0 Å². The molecule has 1 aliphatic rings. The molecule has 0 atom stereocenters. The van der Waals surface area contributed by atoms with Crippen LogP contribution in [0.5, 0.6) is 0 Å². The maximum atomic E-state index is 13.8. The summed E-state index contributed by atoms with van der Waals surface area (Å²) in [6, 6.07) is 9.23. The zero-order valence-corrected chi connectivity index (χ0v) is 15.8. The second-order valence-electron chi connectivity index (χ2n) is 7.00.